The van der Waals surface area contributed by atoms with Crippen LogP contribution in [0.1, 0.15) is 50.8 Å². The molecule has 6 nitrogen and oxygen atoms in total. The van der Waals surface area contributed by atoms with Crippen LogP contribution in [0.5, 0.6) is 5.75 Å². The van der Waals surface area contributed by atoms with Gasteiger partial charge in [-0.15, -0.1) is 0 Å². The van der Waals surface area contributed by atoms with E-state index < -0.39 is 5.91 Å². The third-order valence-corrected chi connectivity index (χ3v) is 5.30. The Labute approximate surface area is 179 Å². The van der Waals surface area contributed by atoms with Gasteiger partial charge in [0, 0.05) is 22.5 Å². The first kappa shape index (κ1) is 19.9. The fraction of sp³-hybridized carbons (Fsp3) is 0.174. The molecule has 0 spiro atoms. The Morgan fingerprint density at radius 1 is 1.07 bits per heavy atom. The largest absolute Gasteiger partial charge is 0.484 e. The van der Waals surface area contributed by atoms with Crippen LogP contribution in [0.15, 0.2) is 60.9 Å². The topological polar surface area (TPSA) is 94.3 Å². The normalized spacial score (nSPS) is 15.2. The molecule has 1 heterocycles. The maximum Gasteiger partial charge on any atom is 0.255 e. The third-order valence-electron chi connectivity index (χ3n) is 5.05. The van der Waals surface area contributed by atoms with Crippen LogP contribution < -0.4 is 15.8 Å². The molecule has 0 radical (unpaired) electrons. The van der Waals surface area contributed by atoms with Gasteiger partial charge >= 0.3 is 0 Å². The van der Waals surface area contributed by atoms with Crippen molar-refractivity contribution in [3.8, 4) is 5.75 Å². The molecular formula is C23H20ClN3O3. The van der Waals surface area contributed by atoms with Crippen molar-refractivity contribution >= 4 is 29.1 Å². The van der Waals surface area contributed by atoms with E-state index in [1.165, 1.54) is 11.8 Å². The highest BCUT2D eigenvalue weighted by molar-refractivity contribution is 6.30. The Bertz CT molecular complexity index is 1100. The van der Waals surface area contributed by atoms with Crippen LogP contribution in [0, 0.1) is 0 Å². The second kappa shape index (κ2) is 8.55. The zero-order valence-corrected chi connectivity index (χ0v) is 16.9. The highest BCUT2D eigenvalue weighted by Gasteiger charge is 2.23. The number of pyridine rings is 1. The number of hydrogen-bond acceptors (Lipinski definition) is 4. The lowest BCUT2D eigenvalue weighted by Crippen LogP contribution is -2.18. The molecule has 3 aromatic rings. The number of fused-ring (bicyclic) bond motifs is 1. The molecule has 0 aliphatic heterocycles. The molecular weight excluding hydrogens is 402 g/mol. The lowest BCUT2D eigenvalue weighted by Gasteiger charge is -2.27. The van der Waals surface area contributed by atoms with E-state index in [4.69, 9.17) is 22.1 Å². The van der Waals surface area contributed by atoms with Gasteiger partial charge in [-0.25, -0.2) is 0 Å². The predicted molar refractivity (Wildman–Crippen MR) is 115 cm³/mol. The van der Waals surface area contributed by atoms with E-state index >= 15 is 0 Å². The number of aromatic nitrogens is 1. The summed E-state index contributed by atoms with van der Waals surface area (Å²) in [6.07, 6.45) is 5.52. The minimum atomic E-state index is -0.552. The van der Waals surface area contributed by atoms with Crippen molar-refractivity contribution in [2.75, 3.05) is 5.32 Å². The van der Waals surface area contributed by atoms with Crippen LogP contribution in [-0.4, -0.2) is 16.8 Å². The van der Waals surface area contributed by atoms with Crippen molar-refractivity contribution in [3.05, 3.63) is 88.2 Å². The van der Waals surface area contributed by atoms with E-state index in [0.29, 0.717) is 27.6 Å². The maximum absolute atomic E-state index is 12.5. The second-order valence-electron chi connectivity index (χ2n) is 7.15. The van der Waals surface area contributed by atoms with Gasteiger partial charge in [0.1, 0.15) is 11.9 Å². The zero-order valence-electron chi connectivity index (χ0n) is 16.1. The summed E-state index contributed by atoms with van der Waals surface area (Å²) in [5, 5.41) is 3.50. The van der Waals surface area contributed by atoms with Gasteiger partial charge < -0.3 is 15.8 Å². The molecule has 1 aromatic heterocycles. The number of benzene rings is 2. The van der Waals surface area contributed by atoms with Crippen molar-refractivity contribution < 1.29 is 14.3 Å². The molecule has 0 bridgehead atoms. The number of rotatable bonds is 5. The zero-order chi connectivity index (χ0) is 21.1. The molecule has 2 aromatic carbocycles. The Kier molecular flexibility index (Phi) is 5.68. The van der Waals surface area contributed by atoms with E-state index in [1.807, 2.05) is 18.2 Å². The number of primary amides is 1. The number of aryl methyl sites for hydroxylation is 1. The molecule has 2 amide bonds. The molecule has 3 N–H and O–H groups in total. The number of nitrogens with one attached hydrogen (secondary N) is 1. The average Bonchev–Trinajstić information content (AvgIpc) is 2.75. The SMILES string of the molecule is NC(=O)c1cncc(OC2CCCc3ccc(NC(=O)c4ccc(Cl)cc4)cc32)c1. The number of ether oxygens (including phenoxy) is 1. The Morgan fingerprint density at radius 3 is 2.63 bits per heavy atom. The van der Waals surface area contributed by atoms with E-state index in [-0.39, 0.29) is 12.0 Å². The van der Waals surface area contributed by atoms with E-state index in [1.54, 1.807) is 36.5 Å². The molecule has 0 saturated carbocycles. The van der Waals surface area contributed by atoms with Gasteiger partial charge in [0.05, 0.1) is 11.8 Å². The first-order valence-electron chi connectivity index (χ1n) is 9.61. The van der Waals surface area contributed by atoms with Crippen molar-refractivity contribution in [2.24, 2.45) is 5.73 Å². The summed E-state index contributed by atoms with van der Waals surface area (Å²) in [4.78, 5) is 28.0. The summed E-state index contributed by atoms with van der Waals surface area (Å²) in [7, 11) is 0. The van der Waals surface area contributed by atoms with Crippen molar-refractivity contribution in [3.63, 3.8) is 0 Å². The highest BCUT2D eigenvalue weighted by Crippen LogP contribution is 2.35. The Morgan fingerprint density at radius 2 is 1.87 bits per heavy atom. The van der Waals surface area contributed by atoms with Gasteiger partial charge in [0.2, 0.25) is 5.91 Å². The Balaban J connectivity index is 1.55. The van der Waals surface area contributed by atoms with E-state index in [0.717, 1.165) is 24.8 Å². The number of anilines is 1. The summed E-state index contributed by atoms with van der Waals surface area (Å²) in [5.41, 5.74) is 9.04. The standard InChI is InChI=1S/C23H20ClN3O3/c24-17-7-4-15(5-8-17)23(29)27-18-9-6-14-2-1-3-21(20(14)11-18)30-19-10-16(22(25)28)12-26-13-19/h4-13,21H,1-3H2,(H2,25,28)(H,27,29). The molecule has 1 atom stereocenters. The molecule has 1 aliphatic rings. The van der Waals surface area contributed by atoms with Crippen LogP contribution in [0.2, 0.25) is 5.02 Å². The van der Waals surface area contributed by atoms with Gasteiger partial charge in [-0.2, -0.15) is 0 Å². The summed E-state index contributed by atoms with van der Waals surface area (Å²) in [5.74, 6) is -0.276. The fourth-order valence-corrected chi connectivity index (χ4v) is 3.67. The summed E-state index contributed by atoms with van der Waals surface area (Å²) >= 11 is 5.89. The van der Waals surface area contributed by atoms with Crippen molar-refractivity contribution in [2.45, 2.75) is 25.4 Å². The number of carbonyl (C=O) groups excluding carboxylic acids is 2. The van der Waals surface area contributed by atoms with Gasteiger partial charge in [0.15, 0.2) is 0 Å². The highest BCUT2D eigenvalue weighted by atomic mass is 35.5. The monoisotopic (exact) mass is 421 g/mol. The quantitative estimate of drug-likeness (QED) is 0.632. The smallest absolute Gasteiger partial charge is 0.255 e. The second-order valence-corrected chi connectivity index (χ2v) is 7.58. The van der Waals surface area contributed by atoms with E-state index in [2.05, 4.69) is 10.3 Å². The van der Waals surface area contributed by atoms with Gasteiger partial charge in [-0.1, -0.05) is 17.7 Å². The van der Waals surface area contributed by atoms with Gasteiger partial charge in [0.25, 0.3) is 5.91 Å². The molecule has 7 heteroatoms. The van der Waals surface area contributed by atoms with Crippen LogP contribution in [-0.2, 0) is 6.42 Å². The predicted octanol–water partition coefficient (Wildman–Crippen LogP) is 4.54. The molecule has 4 rings (SSSR count). The number of amides is 2. The number of carbonyl (C=O) groups is 2. The maximum atomic E-state index is 12.5. The minimum absolute atomic E-state index is 0.203. The van der Waals surface area contributed by atoms with E-state index in [9.17, 15) is 9.59 Å². The molecule has 1 aliphatic carbocycles. The summed E-state index contributed by atoms with van der Waals surface area (Å²) < 4.78 is 6.13. The first-order chi connectivity index (χ1) is 14.5. The van der Waals surface area contributed by atoms with Crippen LogP contribution >= 0.6 is 11.6 Å². The molecule has 30 heavy (non-hydrogen) atoms. The van der Waals surface area contributed by atoms with Crippen LogP contribution in [0.3, 0.4) is 0 Å². The van der Waals surface area contributed by atoms with Gasteiger partial charge in [-0.3, -0.25) is 14.6 Å². The van der Waals surface area contributed by atoms with Crippen molar-refractivity contribution in [1.29, 1.82) is 0 Å². The number of nitrogens with zero attached hydrogens (tertiary/aromatic N) is 1. The van der Waals surface area contributed by atoms with Crippen LogP contribution in [0.25, 0.3) is 0 Å². The molecule has 0 saturated heterocycles. The summed E-state index contributed by atoms with van der Waals surface area (Å²) in [6.45, 7) is 0. The number of hydrogen-bond donors (Lipinski definition) is 2. The minimum Gasteiger partial charge on any atom is -0.484 e. The number of nitrogens with two attached hydrogens (primary N) is 1. The Hall–Kier alpha value is -3.38. The first-order valence-corrected chi connectivity index (χ1v) is 9.98. The number of halogens is 1. The molecule has 1 unspecified atom stereocenters. The fourth-order valence-electron chi connectivity index (χ4n) is 3.54. The lowest BCUT2D eigenvalue weighted by atomic mass is 9.89. The van der Waals surface area contributed by atoms with Crippen LogP contribution in [0.4, 0.5) is 5.69 Å². The average molecular weight is 422 g/mol. The van der Waals surface area contributed by atoms with Gasteiger partial charge in [-0.05, 0) is 72.9 Å². The van der Waals surface area contributed by atoms with Crippen molar-refractivity contribution in [1.82, 2.24) is 4.98 Å². The lowest BCUT2D eigenvalue weighted by molar-refractivity contribution is 0.0996. The summed E-state index contributed by atoms with van der Waals surface area (Å²) in [6, 6.07) is 14.2. The molecule has 0 fully saturated rings. The third kappa shape index (κ3) is 4.44. The molecule has 152 valence electrons.